The Morgan fingerprint density at radius 3 is 2.65 bits per heavy atom. The van der Waals surface area contributed by atoms with Gasteiger partial charge >= 0.3 is 0 Å². The Morgan fingerprint density at radius 1 is 1.08 bits per heavy atom. The van der Waals surface area contributed by atoms with Gasteiger partial charge in [-0.15, -0.1) is 0 Å². The third kappa shape index (κ3) is 4.21. The second-order valence-corrected chi connectivity index (χ2v) is 6.54. The molecule has 0 saturated carbocycles. The first-order chi connectivity index (χ1) is 12.4. The molecule has 0 bridgehead atoms. The largest absolute Gasteiger partial charge is 0.349 e. The van der Waals surface area contributed by atoms with E-state index >= 15 is 0 Å². The van der Waals surface area contributed by atoms with Crippen molar-refractivity contribution in [3.05, 3.63) is 70.1 Å². The summed E-state index contributed by atoms with van der Waals surface area (Å²) in [4.78, 5) is 28.5. The monoisotopic (exact) mass is 370 g/mol. The molecule has 0 aliphatic carbocycles. The molecule has 0 aliphatic rings. The summed E-state index contributed by atoms with van der Waals surface area (Å²) < 4.78 is 1.80. The van der Waals surface area contributed by atoms with Crippen LogP contribution < -0.4 is 10.6 Å². The summed E-state index contributed by atoms with van der Waals surface area (Å²) in [5.74, 6) is -0.553. The van der Waals surface area contributed by atoms with Crippen LogP contribution in [0.3, 0.4) is 0 Å². The van der Waals surface area contributed by atoms with Crippen LogP contribution in [0.15, 0.2) is 42.7 Å². The highest BCUT2D eigenvalue weighted by Gasteiger charge is 2.09. The molecule has 0 atom stereocenters. The van der Waals surface area contributed by atoms with Crippen LogP contribution in [0, 0.1) is 13.8 Å². The van der Waals surface area contributed by atoms with E-state index in [-0.39, 0.29) is 24.9 Å². The Hall–Kier alpha value is -2.86. The predicted molar refractivity (Wildman–Crippen MR) is 100 cm³/mol. The number of carbonyl (C=O) groups is 2. The number of halogens is 1. The van der Waals surface area contributed by atoms with Gasteiger partial charge in [-0.2, -0.15) is 0 Å². The van der Waals surface area contributed by atoms with Crippen molar-refractivity contribution in [2.45, 2.75) is 20.4 Å². The highest BCUT2D eigenvalue weighted by atomic mass is 35.5. The van der Waals surface area contributed by atoms with Crippen LogP contribution in [0.2, 0.25) is 5.02 Å². The molecule has 7 heteroatoms. The number of benzene rings is 1. The number of hydrogen-bond donors (Lipinski definition) is 2. The van der Waals surface area contributed by atoms with Crippen molar-refractivity contribution in [1.82, 2.24) is 20.0 Å². The zero-order valence-corrected chi connectivity index (χ0v) is 15.3. The van der Waals surface area contributed by atoms with Gasteiger partial charge in [0.1, 0.15) is 5.65 Å². The number of amides is 2. The van der Waals surface area contributed by atoms with Crippen LogP contribution in [0.4, 0.5) is 0 Å². The molecule has 2 heterocycles. The summed E-state index contributed by atoms with van der Waals surface area (Å²) in [5.41, 5.74) is 4.16. The molecule has 6 nitrogen and oxygen atoms in total. The standard InChI is InChI=1S/C19H19ClN4O2/c1-12-3-4-14(7-13(12)2)19(26)22-9-18(25)21-8-16-11-24-10-15(20)5-6-17(24)23-16/h3-7,10-11H,8-9H2,1-2H3,(H,21,25)(H,22,26). The maximum Gasteiger partial charge on any atom is 0.251 e. The third-order valence-corrected chi connectivity index (χ3v) is 4.33. The highest BCUT2D eigenvalue weighted by Crippen LogP contribution is 2.12. The van der Waals surface area contributed by atoms with Gasteiger partial charge in [0, 0.05) is 18.0 Å². The first-order valence-electron chi connectivity index (χ1n) is 8.17. The number of aromatic nitrogens is 2. The molecule has 0 radical (unpaired) electrons. The Kier molecular flexibility index (Phi) is 5.23. The van der Waals surface area contributed by atoms with E-state index in [1.165, 1.54) is 0 Å². The van der Waals surface area contributed by atoms with Crippen LogP contribution in [-0.4, -0.2) is 27.7 Å². The van der Waals surface area contributed by atoms with Crippen molar-refractivity contribution < 1.29 is 9.59 Å². The van der Waals surface area contributed by atoms with E-state index in [2.05, 4.69) is 15.6 Å². The molecular formula is C19H19ClN4O2. The van der Waals surface area contributed by atoms with E-state index in [0.717, 1.165) is 16.8 Å². The average molecular weight is 371 g/mol. The highest BCUT2D eigenvalue weighted by molar-refractivity contribution is 6.30. The number of aryl methyl sites for hydroxylation is 2. The topological polar surface area (TPSA) is 75.5 Å². The van der Waals surface area contributed by atoms with Crippen LogP contribution in [0.25, 0.3) is 5.65 Å². The number of hydrogen-bond acceptors (Lipinski definition) is 3. The van der Waals surface area contributed by atoms with Crippen LogP contribution >= 0.6 is 11.6 Å². The fourth-order valence-corrected chi connectivity index (χ4v) is 2.67. The van der Waals surface area contributed by atoms with Crippen molar-refractivity contribution in [2.75, 3.05) is 6.54 Å². The average Bonchev–Trinajstić information content (AvgIpc) is 3.02. The van der Waals surface area contributed by atoms with Gasteiger partial charge in [0.25, 0.3) is 5.91 Å². The molecule has 3 aromatic rings. The number of rotatable bonds is 5. The molecule has 0 fully saturated rings. The van der Waals surface area contributed by atoms with E-state index < -0.39 is 0 Å². The quantitative estimate of drug-likeness (QED) is 0.725. The lowest BCUT2D eigenvalue weighted by Crippen LogP contribution is -2.36. The summed E-state index contributed by atoms with van der Waals surface area (Å²) in [5, 5.41) is 5.97. The van der Waals surface area contributed by atoms with Gasteiger partial charge < -0.3 is 15.0 Å². The van der Waals surface area contributed by atoms with Crippen LogP contribution in [0.5, 0.6) is 0 Å². The van der Waals surface area contributed by atoms with Gasteiger partial charge in [0.15, 0.2) is 0 Å². The van der Waals surface area contributed by atoms with E-state index in [0.29, 0.717) is 16.3 Å². The first kappa shape index (κ1) is 17.9. The van der Waals surface area contributed by atoms with E-state index in [1.807, 2.05) is 26.0 Å². The minimum atomic E-state index is -0.280. The normalized spacial score (nSPS) is 10.7. The zero-order chi connectivity index (χ0) is 18.7. The molecule has 0 unspecified atom stereocenters. The molecule has 2 amide bonds. The molecular weight excluding hydrogens is 352 g/mol. The number of nitrogens with one attached hydrogen (secondary N) is 2. The fourth-order valence-electron chi connectivity index (χ4n) is 2.50. The Bertz CT molecular complexity index is 981. The summed E-state index contributed by atoms with van der Waals surface area (Å²) >= 11 is 5.94. The zero-order valence-electron chi connectivity index (χ0n) is 14.5. The molecule has 2 aromatic heterocycles. The summed E-state index contributed by atoms with van der Waals surface area (Å²) in [6, 6.07) is 9.01. The van der Waals surface area contributed by atoms with Crippen molar-refractivity contribution >= 4 is 29.1 Å². The van der Waals surface area contributed by atoms with Gasteiger partial charge in [-0.25, -0.2) is 4.98 Å². The van der Waals surface area contributed by atoms with E-state index in [1.54, 1.807) is 35.0 Å². The minimum absolute atomic E-state index is 0.0923. The smallest absolute Gasteiger partial charge is 0.251 e. The Labute approximate surface area is 156 Å². The first-order valence-corrected chi connectivity index (χ1v) is 8.55. The second-order valence-electron chi connectivity index (χ2n) is 6.10. The molecule has 26 heavy (non-hydrogen) atoms. The number of pyridine rings is 1. The molecule has 0 saturated heterocycles. The summed E-state index contributed by atoms with van der Waals surface area (Å²) in [6.45, 7) is 4.11. The van der Waals surface area contributed by atoms with Crippen molar-refractivity contribution in [3.8, 4) is 0 Å². The van der Waals surface area contributed by atoms with Gasteiger partial charge in [-0.3, -0.25) is 9.59 Å². The lowest BCUT2D eigenvalue weighted by Gasteiger charge is -2.07. The lowest BCUT2D eigenvalue weighted by molar-refractivity contribution is -0.120. The molecule has 2 N–H and O–H groups in total. The maximum absolute atomic E-state index is 12.1. The van der Waals surface area contributed by atoms with E-state index in [9.17, 15) is 9.59 Å². The molecule has 3 rings (SSSR count). The predicted octanol–water partition coefficient (Wildman–Crippen LogP) is 2.65. The third-order valence-electron chi connectivity index (χ3n) is 4.11. The molecule has 0 spiro atoms. The van der Waals surface area contributed by atoms with Gasteiger partial charge in [0.2, 0.25) is 5.91 Å². The number of imidazole rings is 1. The van der Waals surface area contributed by atoms with Crippen molar-refractivity contribution in [2.24, 2.45) is 0 Å². The SMILES string of the molecule is Cc1ccc(C(=O)NCC(=O)NCc2cn3cc(Cl)ccc3n2)cc1C. The van der Waals surface area contributed by atoms with Crippen molar-refractivity contribution in [3.63, 3.8) is 0 Å². The molecule has 134 valence electrons. The van der Waals surface area contributed by atoms with Crippen molar-refractivity contribution in [1.29, 1.82) is 0 Å². The number of nitrogens with zero attached hydrogens (tertiary/aromatic N) is 2. The minimum Gasteiger partial charge on any atom is -0.349 e. The molecule has 0 aliphatic heterocycles. The van der Waals surface area contributed by atoms with Crippen LogP contribution in [0.1, 0.15) is 27.2 Å². The van der Waals surface area contributed by atoms with Gasteiger partial charge in [-0.1, -0.05) is 17.7 Å². The van der Waals surface area contributed by atoms with Gasteiger partial charge in [0.05, 0.1) is 23.8 Å². The fraction of sp³-hybridized carbons (Fsp3) is 0.211. The summed E-state index contributed by atoms with van der Waals surface area (Å²) in [7, 11) is 0. The molecule has 1 aromatic carbocycles. The van der Waals surface area contributed by atoms with Gasteiger partial charge in [-0.05, 0) is 49.2 Å². The lowest BCUT2D eigenvalue weighted by atomic mass is 10.1. The number of fused-ring (bicyclic) bond motifs is 1. The van der Waals surface area contributed by atoms with Crippen LogP contribution in [-0.2, 0) is 11.3 Å². The second kappa shape index (κ2) is 7.58. The summed E-state index contributed by atoms with van der Waals surface area (Å²) in [6.07, 6.45) is 3.55. The Morgan fingerprint density at radius 2 is 1.88 bits per heavy atom. The Balaban J connectivity index is 1.51. The number of carbonyl (C=O) groups excluding carboxylic acids is 2. The van der Waals surface area contributed by atoms with E-state index in [4.69, 9.17) is 11.6 Å². The maximum atomic E-state index is 12.1.